The van der Waals surface area contributed by atoms with E-state index in [-0.39, 0.29) is 18.1 Å². The van der Waals surface area contributed by atoms with Crippen molar-refractivity contribution < 1.29 is 9.53 Å². The van der Waals surface area contributed by atoms with Gasteiger partial charge in [0.25, 0.3) is 0 Å². The van der Waals surface area contributed by atoms with E-state index in [1.54, 1.807) is 0 Å². The summed E-state index contributed by atoms with van der Waals surface area (Å²) in [7, 11) is 1.88. The first-order valence-corrected chi connectivity index (χ1v) is 11.5. The number of amides is 1. The fourth-order valence-corrected chi connectivity index (χ4v) is 4.76. The Morgan fingerprint density at radius 3 is 2.25 bits per heavy atom. The predicted octanol–water partition coefficient (Wildman–Crippen LogP) is 6.40. The highest BCUT2D eigenvalue weighted by Gasteiger charge is 2.38. The Balaban J connectivity index is 1.62. The molecular weight excluding hydrogens is 394 g/mol. The molecule has 3 heteroatoms. The Bertz CT molecular complexity index is 1070. The fraction of sp³-hybridized carbons (Fsp3) is 0.345. The van der Waals surface area contributed by atoms with Crippen molar-refractivity contribution in [2.75, 3.05) is 7.05 Å². The van der Waals surface area contributed by atoms with E-state index in [1.165, 1.54) is 27.8 Å². The molecule has 2 unspecified atom stereocenters. The summed E-state index contributed by atoms with van der Waals surface area (Å²) in [6.07, 6.45) is 2.42. The van der Waals surface area contributed by atoms with Crippen LogP contribution in [0.5, 0.6) is 0 Å². The van der Waals surface area contributed by atoms with E-state index in [9.17, 15) is 4.79 Å². The van der Waals surface area contributed by atoms with E-state index in [2.05, 4.69) is 78.9 Å². The minimum absolute atomic E-state index is 0.0760. The van der Waals surface area contributed by atoms with Gasteiger partial charge in [0.1, 0.15) is 5.60 Å². The van der Waals surface area contributed by atoms with Crippen LogP contribution in [-0.2, 0) is 24.0 Å². The lowest BCUT2D eigenvalue weighted by atomic mass is 9.87. The molecule has 0 spiro atoms. The number of likely N-dealkylation sites (N-methyl/N-ethyl adjacent to an activating group) is 1. The second kappa shape index (κ2) is 9.20. The van der Waals surface area contributed by atoms with Gasteiger partial charge in [-0.2, -0.15) is 0 Å². The third-order valence-corrected chi connectivity index (χ3v) is 6.32. The second-order valence-corrected chi connectivity index (χ2v) is 9.80. The first-order chi connectivity index (χ1) is 15.3. The number of carbonyl (C=O) groups is 1. The van der Waals surface area contributed by atoms with Crippen LogP contribution >= 0.6 is 0 Å². The van der Waals surface area contributed by atoms with Crippen LogP contribution in [0.1, 0.15) is 54.5 Å². The van der Waals surface area contributed by atoms with Crippen LogP contribution in [0, 0.1) is 0 Å². The van der Waals surface area contributed by atoms with Crippen molar-refractivity contribution in [2.24, 2.45) is 0 Å². The number of carbonyl (C=O) groups excluding carboxylic acids is 1. The van der Waals surface area contributed by atoms with Crippen molar-refractivity contribution in [2.45, 2.75) is 57.6 Å². The first kappa shape index (κ1) is 22.1. The predicted molar refractivity (Wildman–Crippen MR) is 130 cm³/mol. The maximum absolute atomic E-state index is 12.9. The lowest BCUT2D eigenvalue weighted by molar-refractivity contribution is 0.0207. The van der Waals surface area contributed by atoms with Gasteiger partial charge in [0.05, 0.1) is 0 Å². The molecule has 0 aliphatic heterocycles. The highest BCUT2D eigenvalue weighted by Crippen LogP contribution is 2.39. The lowest BCUT2D eigenvalue weighted by Crippen LogP contribution is -2.43. The van der Waals surface area contributed by atoms with E-state index in [1.807, 2.05) is 32.7 Å². The van der Waals surface area contributed by atoms with Crippen molar-refractivity contribution >= 4 is 6.09 Å². The van der Waals surface area contributed by atoms with Crippen molar-refractivity contribution in [1.29, 1.82) is 0 Å². The fourth-order valence-electron chi connectivity index (χ4n) is 4.76. The molecule has 0 heterocycles. The molecule has 0 N–H and O–H groups in total. The summed E-state index contributed by atoms with van der Waals surface area (Å²) in [6, 6.07) is 28.0. The van der Waals surface area contributed by atoms with Gasteiger partial charge >= 0.3 is 6.09 Å². The standard InChI is InChI=1S/C29H33NO2/c1-29(2,3)32-28(31)30(4)27-20-24-16-10-11-17-25(24)26(27)19-23-15-9-8-14-22(23)18-21-12-6-5-7-13-21/h5-17,26-27H,18-20H2,1-4H3. The van der Waals surface area contributed by atoms with Crippen molar-refractivity contribution in [3.8, 4) is 0 Å². The molecule has 0 radical (unpaired) electrons. The van der Waals surface area contributed by atoms with Gasteiger partial charge in [0.2, 0.25) is 0 Å². The first-order valence-electron chi connectivity index (χ1n) is 11.5. The molecule has 4 rings (SSSR count). The van der Waals surface area contributed by atoms with Gasteiger partial charge in [-0.3, -0.25) is 0 Å². The van der Waals surface area contributed by atoms with Gasteiger partial charge in [-0.1, -0.05) is 78.9 Å². The van der Waals surface area contributed by atoms with Crippen molar-refractivity contribution in [3.63, 3.8) is 0 Å². The third-order valence-electron chi connectivity index (χ3n) is 6.32. The molecule has 1 aliphatic rings. The number of hydrogen-bond acceptors (Lipinski definition) is 2. The van der Waals surface area contributed by atoms with Crippen LogP contribution in [0.4, 0.5) is 4.79 Å². The van der Waals surface area contributed by atoms with Crippen LogP contribution in [0.2, 0.25) is 0 Å². The number of hydrogen-bond donors (Lipinski definition) is 0. The number of benzene rings is 3. The summed E-state index contributed by atoms with van der Waals surface area (Å²) >= 11 is 0. The van der Waals surface area contributed by atoms with Gasteiger partial charge in [-0.05, 0) is 67.9 Å². The van der Waals surface area contributed by atoms with Gasteiger partial charge in [0, 0.05) is 19.0 Å². The summed E-state index contributed by atoms with van der Waals surface area (Å²) in [6.45, 7) is 5.75. The molecule has 1 aliphatic carbocycles. The average Bonchev–Trinajstić information content (AvgIpc) is 3.12. The summed E-state index contributed by atoms with van der Waals surface area (Å²) in [5, 5.41) is 0. The number of nitrogens with zero attached hydrogens (tertiary/aromatic N) is 1. The molecule has 2 atom stereocenters. The lowest BCUT2D eigenvalue weighted by Gasteiger charge is -2.32. The number of ether oxygens (including phenoxy) is 1. The Hall–Kier alpha value is -3.07. The molecule has 0 saturated carbocycles. The highest BCUT2D eigenvalue weighted by molar-refractivity contribution is 5.69. The van der Waals surface area contributed by atoms with Crippen LogP contribution in [0.3, 0.4) is 0 Å². The molecule has 0 aromatic heterocycles. The average molecular weight is 428 g/mol. The zero-order valence-electron chi connectivity index (χ0n) is 19.5. The number of rotatable bonds is 5. The molecule has 0 fully saturated rings. The van der Waals surface area contributed by atoms with E-state index in [0.717, 1.165) is 19.3 Å². The molecule has 166 valence electrons. The molecule has 3 aromatic rings. The Labute approximate surface area is 192 Å². The maximum atomic E-state index is 12.9. The van der Waals surface area contributed by atoms with Crippen molar-refractivity contribution in [3.05, 3.63) is 107 Å². The Kier molecular flexibility index (Phi) is 6.36. The maximum Gasteiger partial charge on any atom is 0.410 e. The zero-order chi connectivity index (χ0) is 22.7. The number of fused-ring (bicyclic) bond motifs is 1. The Morgan fingerprint density at radius 2 is 1.53 bits per heavy atom. The third kappa shape index (κ3) is 5.04. The molecule has 1 amide bonds. The van der Waals surface area contributed by atoms with E-state index >= 15 is 0 Å². The molecule has 0 saturated heterocycles. The minimum Gasteiger partial charge on any atom is -0.444 e. The van der Waals surface area contributed by atoms with Crippen molar-refractivity contribution in [1.82, 2.24) is 4.90 Å². The van der Waals surface area contributed by atoms with E-state index in [4.69, 9.17) is 4.74 Å². The largest absolute Gasteiger partial charge is 0.444 e. The topological polar surface area (TPSA) is 29.5 Å². The van der Waals surface area contributed by atoms with E-state index < -0.39 is 5.60 Å². The summed E-state index contributed by atoms with van der Waals surface area (Å²) < 4.78 is 5.70. The van der Waals surface area contributed by atoms with Gasteiger partial charge in [0.15, 0.2) is 0 Å². The zero-order valence-corrected chi connectivity index (χ0v) is 19.5. The van der Waals surface area contributed by atoms with Gasteiger partial charge in [-0.25, -0.2) is 4.79 Å². The minimum atomic E-state index is -0.505. The SMILES string of the molecule is CN(C(=O)OC(C)(C)C)C1Cc2ccccc2C1Cc1ccccc1Cc1ccccc1. The summed E-state index contributed by atoms with van der Waals surface area (Å²) in [5.41, 5.74) is 6.19. The molecule has 32 heavy (non-hydrogen) atoms. The second-order valence-electron chi connectivity index (χ2n) is 9.80. The van der Waals surface area contributed by atoms with Crippen LogP contribution in [0.25, 0.3) is 0 Å². The van der Waals surface area contributed by atoms with E-state index in [0.29, 0.717) is 0 Å². The van der Waals surface area contributed by atoms with Gasteiger partial charge in [-0.15, -0.1) is 0 Å². The Morgan fingerprint density at radius 1 is 0.906 bits per heavy atom. The smallest absolute Gasteiger partial charge is 0.410 e. The highest BCUT2D eigenvalue weighted by atomic mass is 16.6. The molecular formula is C29H33NO2. The van der Waals surface area contributed by atoms with Crippen LogP contribution in [-0.4, -0.2) is 29.7 Å². The van der Waals surface area contributed by atoms with Gasteiger partial charge < -0.3 is 9.64 Å². The van der Waals surface area contributed by atoms with Crippen LogP contribution in [0.15, 0.2) is 78.9 Å². The quantitative estimate of drug-likeness (QED) is 0.472. The monoisotopic (exact) mass is 427 g/mol. The summed E-state index contributed by atoms with van der Waals surface area (Å²) in [4.78, 5) is 14.7. The molecule has 3 nitrogen and oxygen atoms in total. The molecule has 3 aromatic carbocycles. The van der Waals surface area contributed by atoms with Crippen LogP contribution < -0.4 is 0 Å². The molecule has 0 bridgehead atoms. The summed E-state index contributed by atoms with van der Waals surface area (Å²) in [5.74, 6) is 0.237. The normalized spacial score (nSPS) is 17.6.